The third-order valence-electron chi connectivity index (χ3n) is 0.540. The Kier molecular flexibility index (Phi) is 22.3. The molecule has 2 N–H and O–H groups in total. The van der Waals surface area contributed by atoms with Crippen molar-refractivity contribution in [3.8, 4) is 0 Å². The van der Waals surface area contributed by atoms with E-state index in [1.807, 2.05) is 0 Å². The van der Waals surface area contributed by atoms with Gasteiger partial charge in [-0.15, -0.1) is 0 Å². The van der Waals surface area contributed by atoms with Gasteiger partial charge in [-0.3, -0.25) is 0 Å². The van der Waals surface area contributed by atoms with E-state index in [0.29, 0.717) is 26.2 Å². The molecule has 9 heavy (non-hydrogen) atoms. The summed E-state index contributed by atoms with van der Waals surface area (Å²) in [6, 6.07) is 0. The van der Waals surface area contributed by atoms with E-state index >= 15 is 0 Å². The van der Waals surface area contributed by atoms with E-state index in [2.05, 4.69) is 14.5 Å². The number of hydrogen-bond acceptors (Lipinski definition) is 0. The molecule has 3 nitrogen and oxygen atoms in total. The fraction of sp³-hybridized carbons (Fsp3) is 1.00. The Balaban J connectivity index is 0. The van der Waals surface area contributed by atoms with Crippen LogP contribution in [0.5, 0.6) is 0 Å². The van der Waals surface area contributed by atoms with Gasteiger partial charge in [0.2, 0.25) is 0 Å². The molecule has 0 radical (unpaired) electrons. The monoisotopic (exact) mass is 332 g/mol. The molecule has 0 heterocycles. The van der Waals surface area contributed by atoms with Crippen LogP contribution in [0.2, 0.25) is 0 Å². The van der Waals surface area contributed by atoms with E-state index in [4.69, 9.17) is 11.5 Å². The summed E-state index contributed by atoms with van der Waals surface area (Å²) >= 11 is 1.75. The van der Waals surface area contributed by atoms with Crippen LogP contribution in [0.15, 0.2) is 0 Å². The van der Waals surface area contributed by atoms with Crippen molar-refractivity contribution >= 4 is 9.19 Å². The summed E-state index contributed by atoms with van der Waals surface area (Å²) in [5.74, 6) is 0. The van der Waals surface area contributed by atoms with Crippen LogP contribution in [-0.4, -0.2) is 26.2 Å². The maximum absolute atomic E-state index is 6.63. The molecule has 0 aromatic carbocycles. The Morgan fingerprint density at radius 2 is 1.44 bits per heavy atom. The number of hydrogen-bond donors (Lipinski definition) is 0. The smallest absolute Gasteiger partial charge is 0.169 e. The Bertz CT molecular complexity index is 35.0. The van der Waals surface area contributed by atoms with Crippen LogP contribution in [0.1, 0.15) is 0 Å². The van der Waals surface area contributed by atoms with E-state index in [-0.39, 0.29) is 0 Å². The van der Waals surface area contributed by atoms with Gasteiger partial charge in [0.15, 0.2) is 0 Å². The molecule has 0 aliphatic rings. The second-order valence-electron chi connectivity index (χ2n) is 1.17. The van der Waals surface area contributed by atoms with Crippen LogP contribution in [-0.2, 0) is 20.0 Å². The average molecular weight is 333 g/mol. The van der Waals surface area contributed by atoms with E-state index in [1.54, 1.807) is 20.0 Å². The summed E-state index contributed by atoms with van der Waals surface area (Å²) in [6.45, 7) is 1.91. The van der Waals surface area contributed by atoms with Crippen molar-refractivity contribution < 1.29 is 20.0 Å². The molecule has 0 fully saturated rings. The van der Waals surface area contributed by atoms with Crippen molar-refractivity contribution in [2.75, 3.05) is 26.2 Å². The molecule has 0 aliphatic carbocycles. The average Bonchev–Trinajstić information content (AvgIpc) is 1.94. The predicted molar refractivity (Wildman–Crippen MR) is 37.3 cm³/mol. The second kappa shape index (κ2) is 16.0. The maximum atomic E-state index is 6.63. The summed E-state index contributed by atoms with van der Waals surface area (Å²) in [6.07, 6.45) is 0. The summed E-state index contributed by atoms with van der Waals surface area (Å²) < 4.78 is 0. The molecule has 62 valence electrons. The zero-order valence-electron chi connectivity index (χ0n) is 4.96. The molecule has 0 unspecified atom stereocenters. The van der Waals surface area contributed by atoms with Crippen molar-refractivity contribution in [2.24, 2.45) is 0 Å². The van der Waals surface area contributed by atoms with Crippen LogP contribution in [0.4, 0.5) is 0 Å². The van der Waals surface area contributed by atoms with Gasteiger partial charge in [-0.2, -0.15) is 26.2 Å². The molecule has 0 rings (SSSR count). The third-order valence-corrected chi connectivity index (χ3v) is 0.540. The molecular weight excluding hydrogens is 322 g/mol. The fourth-order valence-corrected chi connectivity index (χ4v) is 0.270. The Morgan fingerprint density at radius 3 is 1.67 bits per heavy atom. The SMILES string of the molecule is [Cl][Au].[NH-]CC[N-]CC[NH-]. The number of halogens is 1. The number of nitrogens with one attached hydrogen (secondary N) is 2. The van der Waals surface area contributed by atoms with Crippen molar-refractivity contribution in [3.05, 3.63) is 16.8 Å². The first kappa shape index (κ1) is 12.6. The molecule has 0 spiro atoms. The Morgan fingerprint density at radius 1 is 1.11 bits per heavy atom. The zero-order chi connectivity index (χ0) is 7.54. The first-order valence-corrected chi connectivity index (χ1v) is 5.14. The quantitative estimate of drug-likeness (QED) is 0.559. The molecule has 0 amide bonds. The first-order valence-electron chi connectivity index (χ1n) is 2.45. The molecule has 0 aliphatic heterocycles. The largest absolute Gasteiger partial charge is 0.679 e. The Hall–Kier alpha value is 0.910. The second-order valence-corrected chi connectivity index (χ2v) is 1.17. The minimum atomic E-state index is 0.361. The van der Waals surface area contributed by atoms with Crippen molar-refractivity contribution in [1.29, 1.82) is 0 Å². The fourth-order valence-electron chi connectivity index (χ4n) is 0.270. The first-order chi connectivity index (χ1) is 4.41. The van der Waals surface area contributed by atoms with E-state index in [9.17, 15) is 0 Å². The molecule has 0 atom stereocenters. The summed E-state index contributed by atoms with van der Waals surface area (Å²) in [4.78, 5) is 0. The van der Waals surface area contributed by atoms with E-state index in [1.165, 1.54) is 0 Å². The topological polar surface area (TPSA) is 61.7 Å². The molecule has 0 bridgehead atoms. The normalized spacial score (nSPS) is 8.11. The number of nitrogens with zero attached hydrogens (tertiary/aromatic N) is 1. The van der Waals surface area contributed by atoms with Crippen LogP contribution < -0.4 is 0 Å². The van der Waals surface area contributed by atoms with Gasteiger partial charge in [-0.25, -0.2) is 0 Å². The van der Waals surface area contributed by atoms with Crippen LogP contribution in [0, 0.1) is 0 Å². The van der Waals surface area contributed by atoms with Gasteiger partial charge in [-0.1, -0.05) is 0 Å². The minimum Gasteiger partial charge on any atom is -0.679 e. The molecule has 5 heteroatoms. The minimum absolute atomic E-state index is 0.361. The van der Waals surface area contributed by atoms with Crippen molar-refractivity contribution in [3.63, 3.8) is 0 Å². The van der Waals surface area contributed by atoms with Crippen LogP contribution in [0.3, 0.4) is 0 Å². The maximum Gasteiger partial charge on any atom is -0.169 e. The molecule has 0 aromatic rings. The standard InChI is InChI=1S/C4H10N3.Au.ClH/c5-1-3-7-4-2-6;;/h5-6H,1-4H2;;1H/q-3;+1;/p-1. The Labute approximate surface area is 72.2 Å². The van der Waals surface area contributed by atoms with Gasteiger partial charge in [0.25, 0.3) is 0 Å². The van der Waals surface area contributed by atoms with Crippen LogP contribution in [0.25, 0.3) is 16.8 Å². The molecule has 0 aromatic heterocycles. The summed E-state index contributed by atoms with van der Waals surface area (Å²) in [5, 5.41) is 3.83. The van der Waals surface area contributed by atoms with E-state index in [0.717, 1.165) is 0 Å². The van der Waals surface area contributed by atoms with Gasteiger partial charge >= 0.3 is 29.2 Å². The third kappa shape index (κ3) is 17.6. The van der Waals surface area contributed by atoms with Gasteiger partial charge in [-0.05, 0) is 0 Å². The van der Waals surface area contributed by atoms with Gasteiger partial charge in [0.05, 0.1) is 0 Å². The van der Waals surface area contributed by atoms with Gasteiger partial charge in [0.1, 0.15) is 0 Å². The zero-order valence-corrected chi connectivity index (χ0v) is 7.88. The van der Waals surface area contributed by atoms with Crippen molar-refractivity contribution in [2.45, 2.75) is 0 Å². The molecule has 0 saturated carbocycles. The molecule has 0 saturated heterocycles. The predicted octanol–water partition coefficient (Wildman–Crippen LogP) is 2.15. The summed E-state index contributed by atoms with van der Waals surface area (Å²) in [5.41, 5.74) is 13.3. The van der Waals surface area contributed by atoms with Crippen molar-refractivity contribution in [1.82, 2.24) is 0 Å². The van der Waals surface area contributed by atoms with Crippen LogP contribution >= 0.6 is 9.19 Å². The summed E-state index contributed by atoms with van der Waals surface area (Å²) in [7, 11) is 4.58. The van der Waals surface area contributed by atoms with E-state index < -0.39 is 0 Å². The number of rotatable bonds is 4. The molecular formula is C4H10AuClN3-3. The van der Waals surface area contributed by atoms with Gasteiger partial charge < -0.3 is 16.8 Å². The van der Waals surface area contributed by atoms with Gasteiger partial charge in [0, 0.05) is 0 Å².